The lowest BCUT2D eigenvalue weighted by atomic mass is 10.2. The monoisotopic (exact) mass is 290 g/mol. The molecule has 4 heteroatoms. The van der Waals surface area contributed by atoms with E-state index in [9.17, 15) is 4.39 Å². The molecule has 0 aliphatic carbocycles. The Hall–Kier alpha value is -1.86. The van der Waals surface area contributed by atoms with Crippen molar-refractivity contribution in [2.45, 2.75) is 0 Å². The van der Waals surface area contributed by atoms with Crippen molar-refractivity contribution >= 4 is 27.3 Å². The summed E-state index contributed by atoms with van der Waals surface area (Å²) in [6.45, 7) is 0. The summed E-state index contributed by atoms with van der Waals surface area (Å²) in [7, 11) is 0. The maximum atomic E-state index is 13.0. The van der Waals surface area contributed by atoms with E-state index in [4.69, 9.17) is 5.26 Å². The summed E-state index contributed by atoms with van der Waals surface area (Å²) in [4.78, 5) is 0. The Morgan fingerprint density at radius 2 is 1.94 bits per heavy atom. The fourth-order valence-corrected chi connectivity index (χ4v) is 1.95. The van der Waals surface area contributed by atoms with Crippen molar-refractivity contribution in [1.82, 2.24) is 0 Å². The van der Waals surface area contributed by atoms with Crippen molar-refractivity contribution in [2.24, 2.45) is 0 Å². The quantitative estimate of drug-likeness (QED) is 0.900. The van der Waals surface area contributed by atoms with Crippen LogP contribution in [0.4, 0.5) is 15.8 Å². The molecule has 0 heterocycles. The van der Waals surface area contributed by atoms with E-state index in [0.717, 1.165) is 10.2 Å². The largest absolute Gasteiger partial charge is 0.355 e. The van der Waals surface area contributed by atoms with E-state index in [1.807, 2.05) is 6.07 Å². The molecule has 0 fully saturated rings. The zero-order valence-corrected chi connectivity index (χ0v) is 10.3. The predicted octanol–water partition coefficient (Wildman–Crippen LogP) is 4.20. The third kappa shape index (κ3) is 3.05. The second kappa shape index (κ2) is 4.98. The Balaban J connectivity index is 2.30. The molecular formula is C13H8BrFN2. The van der Waals surface area contributed by atoms with Crippen molar-refractivity contribution in [3.63, 3.8) is 0 Å². The number of hydrogen-bond acceptors (Lipinski definition) is 2. The van der Waals surface area contributed by atoms with Crippen molar-refractivity contribution in [2.75, 3.05) is 5.32 Å². The number of halogens is 2. The van der Waals surface area contributed by atoms with Gasteiger partial charge in [-0.05, 0) is 36.4 Å². The number of nitrogens with zero attached hydrogens (tertiary/aromatic N) is 1. The van der Waals surface area contributed by atoms with E-state index in [2.05, 4.69) is 27.3 Å². The van der Waals surface area contributed by atoms with Crippen LogP contribution in [0.15, 0.2) is 46.9 Å². The van der Waals surface area contributed by atoms with Gasteiger partial charge in [0.15, 0.2) is 0 Å². The maximum Gasteiger partial charge on any atom is 0.125 e. The fourth-order valence-electron chi connectivity index (χ4n) is 1.46. The number of hydrogen-bond donors (Lipinski definition) is 1. The van der Waals surface area contributed by atoms with Gasteiger partial charge in [0, 0.05) is 15.8 Å². The molecule has 0 atom stereocenters. The molecule has 0 spiro atoms. The lowest BCUT2D eigenvalue weighted by Crippen LogP contribution is -1.91. The lowest BCUT2D eigenvalue weighted by molar-refractivity contribution is 0.628. The third-order valence-corrected chi connectivity index (χ3v) is 2.60. The average molecular weight is 291 g/mol. The van der Waals surface area contributed by atoms with Gasteiger partial charge >= 0.3 is 0 Å². The van der Waals surface area contributed by atoms with E-state index >= 15 is 0 Å². The Morgan fingerprint density at radius 1 is 1.12 bits per heavy atom. The van der Waals surface area contributed by atoms with Gasteiger partial charge in [0.25, 0.3) is 0 Å². The van der Waals surface area contributed by atoms with E-state index in [-0.39, 0.29) is 5.82 Å². The van der Waals surface area contributed by atoms with Crippen LogP contribution in [0.5, 0.6) is 0 Å². The van der Waals surface area contributed by atoms with Crippen LogP contribution < -0.4 is 5.32 Å². The van der Waals surface area contributed by atoms with E-state index in [1.165, 1.54) is 12.1 Å². The molecule has 2 aromatic rings. The summed E-state index contributed by atoms with van der Waals surface area (Å²) in [5, 5.41) is 11.9. The molecule has 17 heavy (non-hydrogen) atoms. The van der Waals surface area contributed by atoms with Crippen LogP contribution in [0.2, 0.25) is 0 Å². The second-order valence-corrected chi connectivity index (χ2v) is 4.39. The standard InChI is InChI=1S/C13H8BrFN2/c14-10-4-9(8-16)5-13(6-10)17-12-3-1-2-11(15)7-12/h1-7,17H. The molecule has 0 saturated heterocycles. The van der Waals surface area contributed by atoms with Gasteiger partial charge in [-0.3, -0.25) is 0 Å². The summed E-state index contributed by atoms with van der Waals surface area (Å²) in [5.74, 6) is -0.300. The second-order valence-electron chi connectivity index (χ2n) is 3.48. The molecule has 2 rings (SSSR count). The Bertz CT molecular complexity index is 590. The highest BCUT2D eigenvalue weighted by Crippen LogP contribution is 2.23. The molecule has 0 amide bonds. The molecule has 0 aliphatic rings. The van der Waals surface area contributed by atoms with Gasteiger partial charge in [-0.1, -0.05) is 22.0 Å². The van der Waals surface area contributed by atoms with Crippen LogP contribution in [0, 0.1) is 17.1 Å². The van der Waals surface area contributed by atoms with E-state index in [0.29, 0.717) is 11.3 Å². The molecule has 0 unspecified atom stereocenters. The minimum Gasteiger partial charge on any atom is -0.355 e. The molecule has 1 N–H and O–H groups in total. The first-order chi connectivity index (χ1) is 8.17. The molecule has 2 aromatic carbocycles. The van der Waals surface area contributed by atoms with Gasteiger partial charge < -0.3 is 5.32 Å². The first kappa shape index (κ1) is 11.6. The molecule has 2 nitrogen and oxygen atoms in total. The number of nitrogens with one attached hydrogen (secondary N) is 1. The van der Waals surface area contributed by atoms with Crippen LogP contribution in [-0.4, -0.2) is 0 Å². The maximum absolute atomic E-state index is 13.0. The van der Waals surface area contributed by atoms with Gasteiger partial charge in [-0.25, -0.2) is 4.39 Å². The third-order valence-electron chi connectivity index (χ3n) is 2.14. The number of benzene rings is 2. The first-order valence-corrected chi connectivity index (χ1v) is 5.70. The van der Waals surface area contributed by atoms with Gasteiger partial charge in [0.2, 0.25) is 0 Å². The number of nitriles is 1. The van der Waals surface area contributed by atoms with Gasteiger partial charge in [0.1, 0.15) is 5.82 Å². The molecule has 0 radical (unpaired) electrons. The average Bonchev–Trinajstić information content (AvgIpc) is 2.28. The fraction of sp³-hybridized carbons (Fsp3) is 0. The smallest absolute Gasteiger partial charge is 0.125 e. The summed E-state index contributed by atoms with van der Waals surface area (Å²) in [6.07, 6.45) is 0. The van der Waals surface area contributed by atoms with Crippen molar-refractivity contribution in [1.29, 1.82) is 5.26 Å². The number of anilines is 2. The van der Waals surface area contributed by atoms with Crippen molar-refractivity contribution in [3.05, 3.63) is 58.3 Å². The number of rotatable bonds is 2. The molecule has 0 aliphatic heterocycles. The van der Waals surface area contributed by atoms with Crippen molar-refractivity contribution in [3.8, 4) is 6.07 Å². The van der Waals surface area contributed by atoms with Crippen LogP contribution in [0.3, 0.4) is 0 Å². The summed E-state index contributed by atoms with van der Waals surface area (Å²) < 4.78 is 13.8. The van der Waals surface area contributed by atoms with Crippen LogP contribution in [0.1, 0.15) is 5.56 Å². The molecule has 0 saturated carbocycles. The minimum absolute atomic E-state index is 0.300. The Kier molecular flexibility index (Phi) is 3.40. The highest BCUT2D eigenvalue weighted by Gasteiger charge is 2.00. The Morgan fingerprint density at radius 3 is 2.65 bits per heavy atom. The Labute approximate surface area is 107 Å². The van der Waals surface area contributed by atoms with Crippen LogP contribution >= 0.6 is 15.9 Å². The topological polar surface area (TPSA) is 35.8 Å². The SMILES string of the molecule is N#Cc1cc(Br)cc(Nc2cccc(F)c2)c1. The zero-order valence-electron chi connectivity index (χ0n) is 8.74. The van der Waals surface area contributed by atoms with Gasteiger partial charge in [-0.15, -0.1) is 0 Å². The molecule has 0 aromatic heterocycles. The zero-order chi connectivity index (χ0) is 12.3. The van der Waals surface area contributed by atoms with Crippen molar-refractivity contribution < 1.29 is 4.39 Å². The molecule has 84 valence electrons. The molecule has 0 bridgehead atoms. The minimum atomic E-state index is -0.300. The van der Waals surface area contributed by atoms with Crippen LogP contribution in [0.25, 0.3) is 0 Å². The summed E-state index contributed by atoms with van der Waals surface area (Å²) >= 11 is 3.32. The van der Waals surface area contributed by atoms with E-state index in [1.54, 1.807) is 24.3 Å². The van der Waals surface area contributed by atoms with Crippen LogP contribution in [-0.2, 0) is 0 Å². The molecular weight excluding hydrogens is 283 g/mol. The highest BCUT2D eigenvalue weighted by atomic mass is 79.9. The lowest BCUT2D eigenvalue weighted by Gasteiger charge is -2.07. The highest BCUT2D eigenvalue weighted by molar-refractivity contribution is 9.10. The predicted molar refractivity (Wildman–Crippen MR) is 68.5 cm³/mol. The summed E-state index contributed by atoms with van der Waals surface area (Å²) in [6, 6.07) is 13.5. The first-order valence-electron chi connectivity index (χ1n) is 4.90. The van der Waals surface area contributed by atoms with Gasteiger partial charge in [-0.2, -0.15) is 5.26 Å². The van der Waals surface area contributed by atoms with Gasteiger partial charge in [0.05, 0.1) is 11.6 Å². The van der Waals surface area contributed by atoms with E-state index < -0.39 is 0 Å². The normalized spacial score (nSPS) is 9.71. The summed E-state index contributed by atoms with van der Waals surface area (Å²) in [5.41, 5.74) is 1.92.